The first-order chi connectivity index (χ1) is 22.7. The summed E-state index contributed by atoms with van der Waals surface area (Å²) in [5.74, 6) is -2.30. The molecule has 1 saturated heterocycles. The van der Waals surface area contributed by atoms with Gasteiger partial charge in [0.1, 0.15) is 21.9 Å². The van der Waals surface area contributed by atoms with Crippen LogP contribution in [0.4, 0.5) is 4.79 Å². The van der Waals surface area contributed by atoms with Gasteiger partial charge < -0.3 is 26.2 Å². The standard InChI is InChI=1S/C35H55N5O7S/c1-5-18-36-31(43)29(41)25(19-22-14-15-22)37-30(42)28-26-24(34(26,2)3)20-40(28)32(44)27(23-12-8-6-9-13-23)38-33(45)39-35(21-48(4,46)47)16-10-7-11-17-35/h5,22-28H,1,6-21H2,2-4H3,(H,36,43)(H,37,42)(H2,38,39,45)/t24?,25?,26-,27-,28-/m0/s1. The number of fused-ring (bicyclic) bond motifs is 1. The predicted octanol–water partition coefficient (Wildman–Crippen LogP) is 2.62. The highest BCUT2D eigenvalue weighted by molar-refractivity contribution is 7.90. The molecule has 268 valence electrons. The van der Waals surface area contributed by atoms with E-state index >= 15 is 0 Å². The fraction of sp³-hybridized carbons (Fsp3) is 0.800. The third-order valence-corrected chi connectivity index (χ3v) is 12.8. The molecule has 5 fully saturated rings. The normalized spacial score (nSPS) is 27.5. The first-order valence-electron chi connectivity index (χ1n) is 18.0. The maximum atomic E-state index is 14.6. The van der Waals surface area contributed by atoms with Crippen molar-refractivity contribution in [2.24, 2.45) is 29.1 Å². The van der Waals surface area contributed by atoms with Crippen LogP contribution in [0.2, 0.25) is 0 Å². The van der Waals surface area contributed by atoms with Crippen LogP contribution in [0, 0.1) is 29.1 Å². The molecule has 5 rings (SSSR count). The lowest BCUT2D eigenvalue weighted by atomic mass is 9.82. The van der Waals surface area contributed by atoms with Gasteiger partial charge in [-0.2, -0.15) is 0 Å². The third-order valence-electron chi connectivity index (χ3n) is 11.7. The van der Waals surface area contributed by atoms with Crippen molar-refractivity contribution in [2.75, 3.05) is 25.1 Å². The second kappa shape index (κ2) is 14.5. The summed E-state index contributed by atoms with van der Waals surface area (Å²) in [6.07, 6.45) is 13.0. The van der Waals surface area contributed by atoms with Gasteiger partial charge in [-0.3, -0.25) is 19.2 Å². The number of likely N-dealkylation sites (tertiary alicyclic amines) is 1. The van der Waals surface area contributed by atoms with E-state index in [1.165, 1.54) is 12.3 Å². The molecule has 0 radical (unpaired) electrons. The maximum Gasteiger partial charge on any atom is 0.315 e. The zero-order chi connectivity index (χ0) is 34.9. The first kappa shape index (κ1) is 36.3. The molecule has 4 N–H and O–H groups in total. The van der Waals surface area contributed by atoms with Crippen LogP contribution < -0.4 is 21.3 Å². The molecule has 0 aromatic carbocycles. The average Bonchev–Trinajstić information content (AvgIpc) is 3.88. The predicted molar refractivity (Wildman–Crippen MR) is 181 cm³/mol. The molecule has 5 amide bonds. The van der Waals surface area contributed by atoms with Crippen molar-refractivity contribution >= 4 is 39.4 Å². The largest absolute Gasteiger partial charge is 0.346 e. The monoisotopic (exact) mass is 689 g/mol. The summed E-state index contributed by atoms with van der Waals surface area (Å²) < 4.78 is 24.7. The van der Waals surface area contributed by atoms with E-state index in [0.29, 0.717) is 25.8 Å². The number of nitrogens with zero attached hydrogens (tertiary/aromatic N) is 1. The van der Waals surface area contributed by atoms with Crippen molar-refractivity contribution in [1.29, 1.82) is 0 Å². The van der Waals surface area contributed by atoms with Crippen molar-refractivity contribution < 1.29 is 32.4 Å². The van der Waals surface area contributed by atoms with E-state index in [4.69, 9.17) is 0 Å². The van der Waals surface area contributed by atoms with Crippen LogP contribution in [0.15, 0.2) is 12.7 Å². The summed E-state index contributed by atoms with van der Waals surface area (Å²) in [5, 5.41) is 11.4. The highest BCUT2D eigenvalue weighted by Gasteiger charge is 2.69. The fourth-order valence-electron chi connectivity index (χ4n) is 8.88. The Morgan fingerprint density at radius 3 is 2.19 bits per heavy atom. The molecule has 0 aromatic rings. The highest BCUT2D eigenvalue weighted by Crippen LogP contribution is 2.65. The van der Waals surface area contributed by atoms with Gasteiger partial charge in [0.05, 0.1) is 17.3 Å². The van der Waals surface area contributed by atoms with Crippen molar-refractivity contribution in [2.45, 2.75) is 121 Å². The lowest BCUT2D eigenvalue weighted by Crippen LogP contribution is -2.63. The number of urea groups is 1. The Morgan fingerprint density at radius 1 is 0.938 bits per heavy atom. The second-order valence-electron chi connectivity index (χ2n) is 15.9. The number of Topliss-reactive ketones (excluding diaryl/α,β-unsaturated/α-hetero) is 1. The summed E-state index contributed by atoms with van der Waals surface area (Å²) in [5.41, 5.74) is -1.07. The number of piperidine rings is 1. The first-order valence-corrected chi connectivity index (χ1v) is 20.0. The van der Waals surface area contributed by atoms with E-state index in [9.17, 15) is 32.4 Å². The SMILES string of the molecule is C=CCNC(=O)C(=O)C(CC1CC1)NC(=O)[C@@H]1[C@@H]2C(CN1C(=O)[C@@H](NC(=O)NC1(CS(C)(=O)=O)CCCCC1)C1CCCCC1)C2(C)C. The van der Waals surface area contributed by atoms with Gasteiger partial charge in [0.15, 0.2) is 0 Å². The fourth-order valence-corrected chi connectivity index (χ4v) is 10.2. The van der Waals surface area contributed by atoms with Crippen molar-refractivity contribution in [3.05, 3.63) is 12.7 Å². The smallest absolute Gasteiger partial charge is 0.315 e. The van der Waals surface area contributed by atoms with Gasteiger partial charge in [-0.25, -0.2) is 13.2 Å². The number of hydrogen-bond donors (Lipinski definition) is 4. The molecule has 0 spiro atoms. The number of carbonyl (C=O) groups is 5. The Bertz CT molecular complexity index is 1380. The molecule has 12 nitrogen and oxygen atoms in total. The van der Waals surface area contributed by atoms with Gasteiger partial charge in [-0.05, 0) is 61.2 Å². The number of hydrogen-bond acceptors (Lipinski definition) is 7. The number of carbonyl (C=O) groups excluding carboxylic acids is 5. The molecule has 4 aliphatic carbocycles. The molecule has 0 bridgehead atoms. The minimum absolute atomic E-state index is 0.0896. The van der Waals surface area contributed by atoms with Gasteiger partial charge in [0.25, 0.3) is 5.91 Å². The molecule has 5 aliphatic rings. The van der Waals surface area contributed by atoms with Crippen molar-refractivity contribution in [3.8, 4) is 0 Å². The minimum atomic E-state index is -3.38. The Kier molecular flexibility index (Phi) is 11.0. The number of rotatable bonds is 14. The summed E-state index contributed by atoms with van der Waals surface area (Å²) in [4.78, 5) is 69.8. The van der Waals surface area contributed by atoms with E-state index < -0.39 is 57.1 Å². The summed E-state index contributed by atoms with van der Waals surface area (Å²) in [6.45, 7) is 8.23. The number of amides is 5. The molecule has 48 heavy (non-hydrogen) atoms. The summed E-state index contributed by atoms with van der Waals surface area (Å²) in [7, 11) is -3.38. The Labute approximate surface area is 285 Å². The minimum Gasteiger partial charge on any atom is -0.346 e. The van der Waals surface area contributed by atoms with Crippen molar-refractivity contribution in [3.63, 3.8) is 0 Å². The zero-order valence-corrected chi connectivity index (χ0v) is 29.7. The van der Waals surface area contributed by atoms with Crippen LogP contribution in [0.25, 0.3) is 0 Å². The third kappa shape index (κ3) is 8.42. The van der Waals surface area contributed by atoms with Gasteiger partial charge in [-0.1, -0.05) is 71.3 Å². The number of sulfone groups is 1. The zero-order valence-electron chi connectivity index (χ0n) is 28.9. The molecule has 1 heterocycles. The molecule has 2 unspecified atom stereocenters. The van der Waals surface area contributed by atoms with Crippen LogP contribution in [-0.2, 0) is 29.0 Å². The second-order valence-corrected chi connectivity index (χ2v) is 18.0. The average molecular weight is 690 g/mol. The van der Waals surface area contributed by atoms with E-state index in [-0.39, 0.29) is 47.3 Å². The van der Waals surface area contributed by atoms with Crippen molar-refractivity contribution in [1.82, 2.24) is 26.2 Å². The van der Waals surface area contributed by atoms with Gasteiger partial charge in [0.2, 0.25) is 17.6 Å². The molecular formula is C35H55N5O7S. The Morgan fingerprint density at radius 2 is 1.58 bits per heavy atom. The number of nitrogens with one attached hydrogen (secondary N) is 4. The molecule has 0 aromatic heterocycles. The Hall–Kier alpha value is -2.96. The van der Waals surface area contributed by atoms with Crippen LogP contribution in [-0.4, -0.2) is 91.6 Å². The topological polar surface area (TPSA) is 171 Å². The van der Waals surface area contributed by atoms with E-state index in [0.717, 1.165) is 64.2 Å². The van der Waals surface area contributed by atoms with E-state index in [2.05, 4.69) is 41.7 Å². The number of ketones is 1. The van der Waals surface area contributed by atoms with Gasteiger partial charge in [0, 0.05) is 19.3 Å². The van der Waals surface area contributed by atoms with Crippen LogP contribution >= 0.6 is 0 Å². The maximum absolute atomic E-state index is 14.6. The van der Waals surface area contributed by atoms with Gasteiger partial charge in [-0.15, -0.1) is 6.58 Å². The molecule has 13 heteroatoms. The quantitative estimate of drug-likeness (QED) is 0.160. The molecule has 1 aliphatic heterocycles. The lowest BCUT2D eigenvalue weighted by molar-refractivity contribution is -0.144. The van der Waals surface area contributed by atoms with Crippen LogP contribution in [0.3, 0.4) is 0 Å². The lowest BCUT2D eigenvalue weighted by Gasteiger charge is -2.40. The molecule has 4 saturated carbocycles. The summed E-state index contributed by atoms with van der Waals surface area (Å²) >= 11 is 0. The van der Waals surface area contributed by atoms with Crippen LogP contribution in [0.5, 0.6) is 0 Å². The molecular weight excluding hydrogens is 634 g/mol. The van der Waals surface area contributed by atoms with E-state index in [1.54, 1.807) is 4.90 Å². The molecule has 5 atom stereocenters. The van der Waals surface area contributed by atoms with Crippen LogP contribution in [0.1, 0.15) is 97.3 Å². The Balaban J connectivity index is 1.36. The van der Waals surface area contributed by atoms with Gasteiger partial charge >= 0.3 is 6.03 Å². The summed E-state index contributed by atoms with van der Waals surface area (Å²) in [6, 6.07) is -3.27. The van der Waals surface area contributed by atoms with E-state index in [1.807, 2.05) is 0 Å². The highest BCUT2D eigenvalue weighted by atomic mass is 32.2.